The Hall–Kier alpha value is -0.360. The largest absolute Gasteiger partial charge is 0.466 e. The van der Waals surface area contributed by atoms with Crippen LogP contribution < -0.4 is 0 Å². The molecule has 0 rings (SSSR count). The lowest BCUT2D eigenvalue weighted by atomic mass is 10.0. The number of ether oxygens (including phenoxy) is 2. The number of carbonyl (C=O) groups excluding carboxylic acids is 2. The molecule has 0 amide bonds. The van der Waals surface area contributed by atoms with Crippen LogP contribution in [-0.2, 0) is 19.1 Å². The van der Waals surface area contributed by atoms with Gasteiger partial charge in [0.1, 0.15) is 0 Å². The topological polar surface area (TPSA) is 52.6 Å². The molecule has 208 valence electrons. The predicted molar refractivity (Wildman–Crippen MR) is 156 cm³/mol. The number of thioether (sulfide) groups is 2. The molecule has 0 bridgehead atoms. The van der Waals surface area contributed by atoms with Gasteiger partial charge in [-0.3, -0.25) is 4.79 Å². The molecule has 4 nitrogen and oxygen atoms in total. The summed E-state index contributed by atoms with van der Waals surface area (Å²) in [6, 6.07) is 0. The van der Waals surface area contributed by atoms with Crippen LogP contribution in [0.2, 0.25) is 0 Å². The Labute approximate surface area is 226 Å². The molecule has 0 radical (unpaired) electrons. The van der Waals surface area contributed by atoms with Gasteiger partial charge in [0.05, 0.1) is 7.11 Å². The van der Waals surface area contributed by atoms with Crippen LogP contribution in [0.5, 0.6) is 0 Å². The number of hydrogen-bond acceptors (Lipinski definition) is 6. The molecule has 0 aromatic heterocycles. The van der Waals surface area contributed by atoms with Gasteiger partial charge in [-0.2, -0.15) is 23.5 Å². The summed E-state index contributed by atoms with van der Waals surface area (Å²) < 4.78 is 9.77. The highest BCUT2D eigenvalue weighted by atomic mass is 32.2. The van der Waals surface area contributed by atoms with E-state index < -0.39 is 18.0 Å². The number of rotatable bonds is 25. The van der Waals surface area contributed by atoms with Gasteiger partial charge >= 0.3 is 11.9 Å². The number of esters is 2. The van der Waals surface area contributed by atoms with Crippen molar-refractivity contribution >= 4 is 35.5 Å². The molecule has 35 heavy (non-hydrogen) atoms. The molecule has 0 spiro atoms. The van der Waals surface area contributed by atoms with E-state index >= 15 is 0 Å². The summed E-state index contributed by atoms with van der Waals surface area (Å²) in [6.07, 6.45) is 28.1. The first kappa shape index (κ1) is 34.6. The van der Waals surface area contributed by atoms with Crippen molar-refractivity contribution in [3.8, 4) is 0 Å². The number of unbranched alkanes of at least 4 members (excludes halogenated alkanes) is 14. The summed E-state index contributed by atoms with van der Waals surface area (Å²) in [5, 5.41) is 1.65. The molecule has 0 aromatic rings. The van der Waals surface area contributed by atoms with Gasteiger partial charge in [-0.05, 0) is 38.2 Å². The standard InChI is InChI=1S/C29H56O4S2/c1-6-7-8-9-17-20-23-27(34-4)28(35-5)24-21-18-15-13-11-10-12-14-16-19-22-26(29(31)32-3)33-25(2)30/h26-28H,6-24H2,1-5H3. The smallest absolute Gasteiger partial charge is 0.347 e. The van der Waals surface area contributed by atoms with Gasteiger partial charge in [0.15, 0.2) is 6.10 Å². The fraction of sp³-hybridized carbons (Fsp3) is 0.931. The van der Waals surface area contributed by atoms with Gasteiger partial charge in [-0.25, -0.2) is 4.79 Å². The maximum Gasteiger partial charge on any atom is 0.347 e. The second-order valence-electron chi connectivity index (χ2n) is 9.84. The van der Waals surface area contributed by atoms with Crippen LogP contribution >= 0.6 is 23.5 Å². The van der Waals surface area contributed by atoms with Crippen molar-refractivity contribution in [1.82, 2.24) is 0 Å². The second kappa shape index (κ2) is 25.3. The molecular formula is C29H56O4S2. The molecule has 3 unspecified atom stereocenters. The molecule has 0 saturated heterocycles. The van der Waals surface area contributed by atoms with Crippen LogP contribution in [0.4, 0.5) is 0 Å². The first-order valence-electron chi connectivity index (χ1n) is 14.3. The van der Waals surface area contributed by atoms with E-state index in [1.54, 1.807) is 0 Å². The Balaban J connectivity index is 3.72. The van der Waals surface area contributed by atoms with Gasteiger partial charge < -0.3 is 9.47 Å². The highest BCUT2D eigenvalue weighted by Gasteiger charge is 2.21. The maximum atomic E-state index is 11.6. The molecule has 0 fully saturated rings. The summed E-state index contributed by atoms with van der Waals surface area (Å²) in [5.41, 5.74) is 0. The summed E-state index contributed by atoms with van der Waals surface area (Å²) in [5.74, 6) is -0.882. The SMILES string of the molecule is CCCCCCCCC(SC)C(CCCCCCCCCCCCC(OC(C)=O)C(=O)OC)SC. The highest BCUT2D eigenvalue weighted by Crippen LogP contribution is 2.30. The van der Waals surface area contributed by atoms with Crippen molar-refractivity contribution in [1.29, 1.82) is 0 Å². The average Bonchev–Trinajstić information content (AvgIpc) is 2.85. The van der Waals surface area contributed by atoms with E-state index in [0.29, 0.717) is 6.42 Å². The molecule has 0 aliphatic carbocycles. The van der Waals surface area contributed by atoms with Crippen molar-refractivity contribution in [2.45, 2.75) is 152 Å². The summed E-state index contributed by atoms with van der Waals surface area (Å²) in [6.45, 7) is 3.62. The fourth-order valence-corrected chi connectivity index (χ4v) is 7.03. The molecular weight excluding hydrogens is 476 g/mol. The van der Waals surface area contributed by atoms with Crippen molar-refractivity contribution in [3.63, 3.8) is 0 Å². The zero-order valence-electron chi connectivity index (χ0n) is 23.6. The molecule has 6 heteroatoms. The molecule has 0 saturated carbocycles. The Bertz CT molecular complexity index is 501. The Morgan fingerprint density at radius 2 is 1.00 bits per heavy atom. The van der Waals surface area contributed by atoms with Crippen molar-refractivity contribution in [2.75, 3.05) is 19.6 Å². The van der Waals surface area contributed by atoms with Crippen LogP contribution in [0.25, 0.3) is 0 Å². The average molecular weight is 533 g/mol. The molecule has 0 aliphatic heterocycles. The van der Waals surface area contributed by atoms with Crippen molar-refractivity contribution in [2.24, 2.45) is 0 Å². The van der Waals surface area contributed by atoms with E-state index in [1.165, 1.54) is 117 Å². The Kier molecular flexibility index (Phi) is 25.0. The zero-order chi connectivity index (χ0) is 26.2. The van der Waals surface area contributed by atoms with Crippen LogP contribution in [0.15, 0.2) is 0 Å². The van der Waals surface area contributed by atoms with Crippen molar-refractivity contribution < 1.29 is 19.1 Å². The Morgan fingerprint density at radius 1 is 0.629 bits per heavy atom. The predicted octanol–water partition coefficient (Wildman–Crippen LogP) is 8.99. The first-order valence-corrected chi connectivity index (χ1v) is 16.9. The van der Waals surface area contributed by atoms with Crippen LogP contribution in [0.3, 0.4) is 0 Å². The minimum atomic E-state index is -0.745. The van der Waals surface area contributed by atoms with E-state index in [-0.39, 0.29) is 0 Å². The third-order valence-electron chi connectivity index (χ3n) is 6.84. The van der Waals surface area contributed by atoms with E-state index in [1.807, 2.05) is 0 Å². The van der Waals surface area contributed by atoms with Crippen molar-refractivity contribution in [3.05, 3.63) is 0 Å². The van der Waals surface area contributed by atoms with Crippen LogP contribution in [-0.4, -0.2) is 48.2 Å². The van der Waals surface area contributed by atoms with E-state index in [2.05, 4.69) is 43.0 Å². The number of carbonyl (C=O) groups is 2. The fourth-order valence-electron chi connectivity index (χ4n) is 4.68. The van der Waals surface area contributed by atoms with Gasteiger partial charge in [0, 0.05) is 17.4 Å². The normalized spacial score (nSPS) is 13.9. The Morgan fingerprint density at radius 3 is 1.34 bits per heavy atom. The zero-order valence-corrected chi connectivity index (χ0v) is 25.2. The first-order chi connectivity index (χ1) is 17.0. The lowest BCUT2D eigenvalue weighted by Crippen LogP contribution is -2.27. The van der Waals surface area contributed by atoms with Crippen LogP contribution in [0.1, 0.15) is 136 Å². The third-order valence-corrected chi connectivity index (χ3v) is 9.35. The van der Waals surface area contributed by atoms with E-state index in [9.17, 15) is 9.59 Å². The minimum Gasteiger partial charge on any atom is -0.466 e. The third kappa shape index (κ3) is 20.4. The summed E-state index contributed by atoms with van der Waals surface area (Å²) in [7, 11) is 1.33. The number of methoxy groups -OCH3 is 1. The highest BCUT2D eigenvalue weighted by molar-refractivity contribution is 8.03. The minimum absolute atomic E-state index is 0.429. The second-order valence-corrected chi connectivity index (χ2v) is 12.0. The molecule has 3 atom stereocenters. The quantitative estimate of drug-likeness (QED) is 0.0863. The lowest BCUT2D eigenvalue weighted by molar-refractivity contribution is -0.165. The molecule has 0 heterocycles. The monoisotopic (exact) mass is 532 g/mol. The van der Waals surface area contributed by atoms with E-state index in [0.717, 1.165) is 23.3 Å². The van der Waals surface area contributed by atoms with Gasteiger partial charge in [0.25, 0.3) is 0 Å². The van der Waals surface area contributed by atoms with Gasteiger partial charge in [-0.1, -0.05) is 103 Å². The molecule has 0 N–H and O–H groups in total. The number of hydrogen-bond donors (Lipinski definition) is 0. The lowest BCUT2D eigenvalue weighted by Gasteiger charge is -2.24. The summed E-state index contributed by atoms with van der Waals surface area (Å²) >= 11 is 4.19. The molecule has 0 aliphatic rings. The maximum absolute atomic E-state index is 11.6. The van der Waals surface area contributed by atoms with Gasteiger partial charge in [0.2, 0.25) is 0 Å². The van der Waals surface area contributed by atoms with E-state index in [4.69, 9.17) is 9.47 Å². The molecule has 0 aromatic carbocycles. The van der Waals surface area contributed by atoms with Gasteiger partial charge in [-0.15, -0.1) is 0 Å². The van der Waals surface area contributed by atoms with Crippen LogP contribution in [0, 0.1) is 0 Å². The summed E-state index contributed by atoms with van der Waals surface area (Å²) in [4.78, 5) is 22.8.